The Hall–Kier alpha value is -2.69. The number of anilines is 1. The van der Waals surface area contributed by atoms with Crippen molar-refractivity contribution >= 4 is 17.5 Å². The number of hydrogen-bond donors (Lipinski definition) is 2. The SMILES string of the molecule is CCNC(=O)c1cccc(NC(=O)Cc2ccc(F)cc2)c1. The average Bonchev–Trinajstić information content (AvgIpc) is 2.50. The Balaban J connectivity index is 2.00. The van der Waals surface area contributed by atoms with Crippen LogP contribution in [0.1, 0.15) is 22.8 Å². The van der Waals surface area contributed by atoms with Gasteiger partial charge in [0.25, 0.3) is 5.91 Å². The van der Waals surface area contributed by atoms with Crippen LogP contribution >= 0.6 is 0 Å². The van der Waals surface area contributed by atoms with E-state index in [0.717, 1.165) is 5.56 Å². The van der Waals surface area contributed by atoms with Gasteiger partial charge in [0.05, 0.1) is 6.42 Å². The van der Waals surface area contributed by atoms with Gasteiger partial charge in [-0.3, -0.25) is 9.59 Å². The van der Waals surface area contributed by atoms with Crippen molar-refractivity contribution in [3.05, 3.63) is 65.5 Å². The van der Waals surface area contributed by atoms with Crippen molar-refractivity contribution < 1.29 is 14.0 Å². The number of benzene rings is 2. The summed E-state index contributed by atoms with van der Waals surface area (Å²) in [5, 5.41) is 5.43. The molecule has 0 fully saturated rings. The molecule has 114 valence electrons. The van der Waals surface area contributed by atoms with E-state index in [1.165, 1.54) is 12.1 Å². The predicted octanol–water partition coefficient (Wildman–Crippen LogP) is 2.76. The molecule has 2 amide bonds. The number of hydrogen-bond acceptors (Lipinski definition) is 2. The molecule has 0 saturated carbocycles. The van der Waals surface area contributed by atoms with Crippen LogP contribution in [0.4, 0.5) is 10.1 Å². The Morgan fingerprint density at radius 2 is 1.82 bits per heavy atom. The number of nitrogens with one attached hydrogen (secondary N) is 2. The van der Waals surface area contributed by atoms with Crippen LogP contribution in [0, 0.1) is 5.82 Å². The van der Waals surface area contributed by atoms with Crippen LogP contribution < -0.4 is 10.6 Å². The monoisotopic (exact) mass is 300 g/mol. The lowest BCUT2D eigenvalue weighted by molar-refractivity contribution is -0.115. The normalized spacial score (nSPS) is 10.1. The standard InChI is InChI=1S/C17H17FN2O2/c1-2-19-17(22)13-4-3-5-15(11-13)20-16(21)10-12-6-8-14(18)9-7-12/h3-9,11H,2,10H2,1H3,(H,19,22)(H,20,21). The maximum atomic E-state index is 12.8. The van der Waals surface area contributed by atoms with E-state index in [2.05, 4.69) is 10.6 Å². The van der Waals surface area contributed by atoms with Gasteiger partial charge in [0.2, 0.25) is 5.91 Å². The number of halogens is 1. The van der Waals surface area contributed by atoms with Crippen LogP contribution in [0.2, 0.25) is 0 Å². The minimum absolute atomic E-state index is 0.145. The van der Waals surface area contributed by atoms with Crippen molar-refractivity contribution in [1.29, 1.82) is 0 Å². The molecule has 0 bridgehead atoms. The highest BCUT2D eigenvalue weighted by atomic mass is 19.1. The van der Waals surface area contributed by atoms with Gasteiger partial charge < -0.3 is 10.6 Å². The van der Waals surface area contributed by atoms with Crippen LogP contribution in [-0.4, -0.2) is 18.4 Å². The molecular weight excluding hydrogens is 283 g/mol. The molecule has 0 radical (unpaired) electrons. The second-order valence-electron chi connectivity index (χ2n) is 4.79. The molecule has 5 heteroatoms. The summed E-state index contributed by atoms with van der Waals surface area (Å²) in [6, 6.07) is 12.5. The van der Waals surface area contributed by atoms with Gasteiger partial charge in [-0.1, -0.05) is 18.2 Å². The summed E-state index contributed by atoms with van der Waals surface area (Å²) in [7, 11) is 0. The lowest BCUT2D eigenvalue weighted by atomic mass is 10.1. The smallest absolute Gasteiger partial charge is 0.251 e. The number of carbonyl (C=O) groups is 2. The summed E-state index contributed by atoms with van der Waals surface area (Å²) in [5.41, 5.74) is 1.76. The lowest BCUT2D eigenvalue weighted by Gasteiger charge is -2.08. The fraction of sp³-hybridized carbons (Fsp3) is 0.176. The molecule has 0 aromatic heterocycles. The quantitative estimate of drug-likeness (QED) is 0.892. The maximum Gasteiger partial charge on any atom is 0.251 e. The van der Waals surface area contributed by atoms with Gasteiger partial charge in [0.15, 0.2) is 0 Å². The molecule has 0 atom stereocenters. The Bertz CT molecular complexity index is 669. The minimum atomic E-state index is -0.334. The Kier molecular flexibility index (Phi) is 5.25. The van der Waals surface area contributed by atoms with Crippen LogP contribution in [0.15, 0.2) is 48.5 Å². The summed E-state index contributed by atoms with van der Waals surface area (Å²) in [6.07, 6.45) is 0.145. The van der Waals surface area contributed by atoms with Gasteiger partial charge in [0, 0.05) is 17.8 Å². The molecule has 0 saturated heterocycles. The fourth-order valence-corrected chi connectivity index (χ4v) is 1.99. The second kappa shape index (κ2) is 7.36. The van der Waals surface area contributed by atoms with Crippen LogP contribution in [0.5, 0.6) is 0 Å². The van der Waals surface area contributed by atoms with Gasteiger partial charge in [-0.25, -0.2) is 4.39 Å². The molecule has 0 aliphatic heterocycles. The first-order chi connectivity index (χ1) is 10.6. The first-order valence-electron chi connectivity index (χ1n) is 7.01. The highest BCUT2D eigenvalue weighted by Gasteiger charge is 2.08. The van der Waals surface area contributed by atoms with Crippen molar-refractivity contribution in [2.45, 2.75) is 13.3 Å². The zero-order valence-electron chi connectivity index (χ0n) is 12.2. The van der Waals surface area contributed by atoms with E-state index in [4.69, 9.17) is 0 Å². The van der Waals surface area contributed by atoms with E-state index in [-0.39, 0.29) is 24.1 Å². The minimum Gasteiger partial charge on any atom is -0.352 e. The number of amides is 2. The van der Waals surface area contributed by atoms with Crippen molar-refractivity contribution in [3.8, 4) is 0 Å². The zero-order chi connectivity index (χ0) is 15.9. The molecule has 4 nitrogen and oxygen atoms in total. The molecule has 0 unspecified atom stereocenters. The largest absolute Gasteiger partial charge is 0.352 e. The molecule has 0 aliphatic rings. The Morgan fingerprint density at radius 3 is 2.50 bits per heavy atom. The van der Waals surface area contributed by atoms with Gasteiger partial charge in [0.1, 0.15) is 5.82 Å². The topological polar surface area (TPSA) is 58.2 Å². The van der Waals surface area contributed by atoms with Crippen molar-refractivity contribution in [2.75, 3.05) is 11.9 Å². The summed E-state index contributed by atoms with van der Waals surface area (Å²) in [6.45, 7) is 2.38. The number of carbonyl (C=O) groups excluding carboxylic acids is 2. The summed E-state index contributed by atoms with van der Waals surface area (Å²) < 4.78 is 12.8. The molecule has 2 rings (SSSR count). The molecule has 2 aromatic rings. The van der Waals surface area contributed by atoms with Crippen LogP contribution in [0.25, 0.3) is 0 Å². The molecule has 2 aromatic carbocycles. The summed E-state index contributed by atoms with van der Waals surface area (Å²) in [5.74, 6) is -0.740. The zero-order valence-corrected chi connectivity index (χ0v) is 12.2. The summed E-state index contributed by atoms with van der Waals surface area (Å²) >= 11 is 0. The molecule has 0 aliphatic carbocycles. The Labute approximate surface area is 128 Å². The van der Waals surface area contributed by atoms with Crippen molar-refractivity contribution in [3.63, 3.8) is 0 Å². The van der Waals surface area contributed by atoms with E-state index in [9.17, 15) is 14.0 Å². The van der Waals surface area contributed by atoms with E-state index in [0.29, 0.717) is 17.8 Å². The molecule has 0 spiro atoms. The summed E-state index contributed by atoms with van der Waals surface area (Å²) in [4.78, 5) is 23.7. The van der Waals surface area contributed by atoms with E-state index < -0.39 is 0 Å². The molecule has 2 N–H and O–H groups in total. The van der Waals surface area contributed by atoms with Gasteiger partial charge >= 0.3 is 0 Å². The first kappa shape index (κ1) is 15.7. The van der Waals surface area contributed by atoms with Crippen molar-refractivity contribution in [2.24, 2.45) is 0 Å². The third kappa shape index (κ3) is 4.41. The maximum absolute atomic E-state index is 12.8. The van der Waals surface area contributed by atoms with Gasteiger partial charge in [-0.2, -0.15) is 0 Å². The van der Waals surface area contributed by atoms with Crippen LogP contribution in [0.3, 0.4) is 0 Å². The van der Waals surface area contributed by atoms with Crippen molar-refractivity contribution in [1.82, 2.24) is 5.32 Å². The van der Waals surface area contributed by atoms with E-state index in [1.54, 1.807) is 36.4 Å². The highest BCUT2D eigenvalue weighted by molar-refractivity contribution is 5.97. The predicted molar refractivity (Wildman–Crippen MR) is 83.2 cm³/mol. The first-order valence-corrected chi connectivity index (χ1v) is 7.01. The molecule has 0 heterocycles. The average molecular weight is 300 g/mol. The van der Waals surface area contributed by atoms with Gasteiger partial charge in [-0.15, -0.1) is 0 Å². The number of rotatable bonds is 5. The van der Waals surface area contributed by atoms with E-state index in [1.807, 2.05) is 6.92 Å². The van der Waals surface area contributed by atoms with E-state index >= 15 is 0 Å². The molecule has 22 heavy (non-hydrogen) atoms. The highest BCUT2D eigenvalue weighted by Crippen LogP contribution is 2.12. The third-order valence-corrected chi connectivity index (χ3v) is 3.02. The second-order valence-corrected chi connectivity index (χ2v) is 4.79. The fourth-order valence-electron chi connectivity index (χ4n) is 1.99. The van der Waals surface area contributed by atoms with Crippen LogP contribution in [-0.2, 0) is 11.2 Å². The third-order valence-electron chi connectivity index (χ3n) is 3.02. The Morgan fingerprint density at radius 1 is 1.09 bits per heavy atom. The molecular formula is C17H17FN2O2. The lowest BCUT2D eigenvalue weighted by Crippen LogP contribution is -2.23. The van der Waals surface area contributed by atoms with Gasteiger partial charge in [-0.05, 0) is 42.8 Å².